The minimum atomic E-state index is -4.18. The van der Waals surface area contributed by atoms with E-state index in [1.54, 1.807) is 60.7 Å². The van der Waals surface area contributed by atoms with E-state index >= 15 is 0 Å². The lowest BCUT2D eigenvalue weighted by molar-refractivity contribution is -0.160. The van der Waals surface area contributed by atoms with Gasteiger partial charge in [0.1, 0.15) is 4.75 Å². The highest BCUT2D eigenvalue weighted by molar-refractivity contribution is 7.94. The van der Waals surface area contributed by atoms with Crippen LogP contribution < -0.4 is 5.73 Å². The number of nitrogens with two attached hydrogens (primary N) is 1. The number of esters is 1. The van der Waals surface area contributed by atoms with Gasteiger partial charge in [0, 0.05) is 6.20 Å². The lowest BCUT2D eigenvalue weighted by Gasteiger charge is -2.39. The summed E-state index contributed by atoms with van der Waals surface area (Å²) in [5.74, 6) is -2.63. The Morgan fingerprint density at radius 1 is 0.947 bits per heavy atom. The van der Waals surface area contributed by atoms with Crippen LogP contribution in [0.3, 0.4) is 0 Å². The van der Waals surface area contributed by atoms with Gasteiger partial charge in [-0.2, -0.15) is 0 Å². The van der Waals surface area contributed by atoms with Crippen molar-refractivity contribution >= 4 is 33.2 Å². The summed E-state index contributed by atoms with van der Waals surface area (Å²) < 4.78 is 31.7. The molecule has 2 aromatic carbocycles. The first kappa shape index (κ1) is 25.3. The van der Waals surface area contributed by atoms with Gasteiger partial charge in [-0.3, -0.25) is 14.6 Å². The average Bonchev–Trinajstić information content (AvgIpc) is 3.05. The molecule has 1 aromatic heterocycles. The van der Waals surface area contributed by atoms with Crippen molar-refractivity contribution in [2.75, 3.05) is 0 Å². The van der Waals surface area contributed by atoms with E-state index in [9.17, 15) is 22.8 Å². The molecule has 0 unspecified atom stereocenters. The number of β-lactam (4-membered cyclic amide) rings is 1. The topological polar surface area (TPSA) is 137 Å². The number of fused-ring (bicyclic) bond motifs is 1. The van der Waals surface area contributed by atoms with E-state index in [0.29, 0.717) is 11.1 Å². The SMILES string of the molecule is CC1(C)[C@H](C(=O)OC(c2ccccc2)c2ccccc2)N2C(=O)C(=C(C(N)=O)c3ccccn3)[C@H]2S1(=O)=O. The Morgan fingerprint density at radius 3 is 2.00 bits per heavy atom. The van der Waals surface area contributed by atoms with Crippen molar-refractivity contribution in [3.05, 3.63) is 107 Å². The van der Waals surface area contributed by atoms with Crippen molar-refractivity contribution in [3.8, 4) is 0 Å². The molecule has 9 nitrogen and oxygen atoms in total. The number of rotatable bonds is 6. The summed E-state index contributed by atoms with van der Waals surface area (Å²) in [6.45, 7) is 2.75. The smallest absolute Gasteiger partial charge is 0.331 e. The first-order chi connectivity index (χ1) is 18.1. The van der Waals surface area contributed by atoms with Crippen molar-refractivity contribution in [2.24, 2.45) is 5.73 Å². The van der Waals surface area contributed by atoms with Crippen molar-refractivity contribution in [3.63, 3.8) is 0 Å². The minimum absolute atomic E-state index is 0.0789. The fourth-order valence-electron chi connectivity index (χ4n) is 5.06. The van der Waals surface area contributed by atoms with Gasteiger partial charge in [-0.05, 0) is 37.1 Å². The standard InChI is InChI=1S/C28H25N3O6S/c1-28(2)23(27(34)37-22(17-11-5-3-6-12-17)18-13-7-4-8-14-18)31-25(33)21(26(31)38(28,35)36)20(24(29)32)19-15-9-10-16-30-19/h3-16,22-23,26H,1-2H3,(H2,29,32)/t23-,26+/m0/s1. The van der Waals surface area contributed by atoms with Crippen LogP contribution in [0.5, 0.6) is 0 Å². The van der Waals surface area contributed by atoms with Gasteiger partial charge < -0.3 is 15.4 Å². The first-order valence-electron chi connectivity index (χ1n) is 11.9. The van der Waals surface area contributed by atoms with Gasteiger partial charge in [0.05, 0.1) is 16.8 Å². The number of primary amides is 1. The molecule has 3 aromatic rings. The van der Waals surface area contributed by atoms with Gasteiger partial charge in [0.15, 0.2) is 27.4 Å². The predicted octanol–water partition coefficient (Wildman–Crippen LogP) is 2.40. The third-order valence-corrected chi connectivity index (χ3v) is 9.77. The summed E-state index contributed by atoms with van der Waals surface area (Å²) in [6, 6.07) is 21.3. The Hall–Kier alpha value is -4.31. The number of pyridine rings is 1. The van der Waals surface area contributed by atoms with Crippen LogP contribution in [0.25, 0.3) is 5.57 Å². The van der Waals surface area contributed by atoms with E-state index in [1.165, 1.54) is 26.1 Å². The molecular formula is C28H25N3O6S. The highest BCUT2D eigenvalue weighted by Gasteiger charge is 2.71. The van der Waals surface area contributed by atoms with Crippen LogP contribution in [0.2, 0.25) is 0 Å². The maximum Gasteiger partial charge on any atom is 0.331 e. The molecular weight excluding hydrogens is 506 g/mol. The molecule has 10 heteroatoms. The van der Waals surface area contributed by atoms with Gasteiger partial charge in [-0.25, -0.2) is 13.2 Å². The number of carbonyl (C=O) groups is 3. The molecule has 2 aliphatic rings. The fourth-order valence-corrected chi connectivity index (χ4v) is 7.20. The molecule has 2 fully saturated rings. The zero-order valence-corrected chi connectivity index (χ0v) is 21.5. The van der Waals surface area contributed by atoms with Gasteiger partial charge in [-0.15, -0.1) is 0 Å². The Kier molecular flexibility index (Phi) is 6.15. The van der Waals surface area contributed by atoms with Gasteiger partial charge in [-0.1, -0.05) is 66.7 Å². The summed E-state index contributed by atoms with van der Waals surface area (Å²) in [4.78, 5) is 44.6. The van der Waals surface area contributed by atoms with Crippen molar-refractivity contribution in [2.45, 2.75) is 36.1 Å². The molecule has 2 amide bonds. The maximum absolute atomic E-state index is 13.7. The summed E-state index contributed by atoms with van der Waals surface area (Å²) in [7, 11) is -4.18. The van der Waals surface area contributed by atoms with Crippen LogP contribution in [0.15, 0.2) is 90.6 Å². The Labute approximate surface area is 219 Å². The molecule has 0 radical (unpaired) electrons. The molecule has 0 spiro atoms. The predicted molar refractivity (Wildman–Crippen MR) is 139 cm³/mol. The lowest BCUT2D eigenvalue weighted by Crippen LogP contribution is -2.60. The van der Waals surface area contributed by atoms with E-state index in [0.717, 1.165) is 4.90 Å². The second-order valence-electron chi connectivity index (χ2n) is 9.62. The number of benzene rings is 2. The zero-order chi connectivity index (χ0) is 27.2. The van der Waals surface area contributed by atoms with Crippen LogP contribution in [0, 0.1) is 0 Å². The normalized spacial score (nSPS) is 22.4. The van der Waals surface area contributed by atoms with Crippen molar-refractivity contribution in [1.29, 1.82) is 0 Å². The van der Waals surface area contributed by atoms with E-state index in [4.69, 9.17) is 10.5 Å². The summed E-state index contributed by atoms with van der Waals surface area (Å²) in [5, 5.41) is -1.53. The second kappa shape index (κ2) is 9.21. The average molecular weight is 532 g/mol. The number of ether oxygens (including phenoxy) is 1. The lowest BCUT2D eigenvalue weighted by atomic mass is 9.91. The van der Waals surface area contributed by atoms with E-state index < -0.39 is 49.9 Å². The molecule has 2 saturated heterocycles. The van der Waals surface area contributed by atoms with Gasteiger partial charge in [0.2, 0.25) is 0 Å². The van der Waals surface area contributed by atoms with Crippen LogP contribution in [0.1, 0.15) is 36.8 Å². The Morgan fingerprint density at radius 2 is 1.50 bits per heavy atom. The fraction of sp³-hybridized carbons (Fsp3) is 0.214. The highest BCUT2D eigenvalue weighted by Crippen LogP contribution is 2.50. The third kappa shape index (κ3) is 3.79. The minimum Gasteiger partial charge on any atom is -0.451 e. The number of nitrogens with zero attached hydrogens (tertiary/aromatic N) is 2. The van der Waals surface area contributed by atoms with Gasteiger partial charge >= 0.3 is 5.97 Å². The number of hydrogen-bond acceptors (Lipinski definition) is 7. The molecule has 38 heavy (non-hydrogen) atoms. The van der Waals surface area contributed by atoms with Crippen molar-refractivity contribution in [1.82, 2.24) is 9.88 Å². The van der Waals surface area contributed by atoms with E-state index in [2.05, 4.69) is 4.98 Å². The number of amides is 2. The molecule has 2 N–H and O–H groups in total. The van der Waals surface area contributed by atoms with Crippen LogP contribution in [-0.4, -0.2) is 52.2 Å². The molecule has 5 rings (SSSR count). The maximum atomic E-state index is 13.7. The molecule has 2 atom stereocenters. The van der Waals surface area contributed by atoms with Crippen LogP contribution in [0.4, 0.5) is 0 Å². The second-order valence-corrected chi connectivity index (χ2v) is 12.2. The van der Waals surface area contributed by atoms with Crippen LogP contribution >= 0.6 is 0 Å². The molecule has 2 aliphatic heterocycles. The summed E-state index contributed by atoms with van der Waals surface area (Å²) >= 11 is 0. The van der Waals surface area contributed by atoms with Crippen molar-refractivity contribution < 1.29 is 27.5 Å². The monoisotopic (exact) mass is 531 g/mol. The first-order valence-corrected chi connectivity index (χ1v) is 13.4. The van der Waals surface area contributed by atoms with E-state index in [-0.39, 0.29) is 16.8 Å². The molecule has 0 bridgehead atoms. The zero-order valence-electron chi connectivity index (χ0n) is 20.6. The van der Waals surface area contributed by atoms with Gasteiger partial charge in [0.25, 0.3) is 11.8 Å². The third-order valence-electron chi connectivity index (χ3n) is 7.03. The Balaban J connectivity index is 1.57. The number of aromatic nitrogens is 1. The number of carbonyl (C=O) groups excluding carboxylic acids is 3. The largest absolute Gasteiger partial charge is 0.451 e. The summed E-state index contributed by atoms with van der Waals surface area (Å²) in [5.41, 5.74) is 6.45. The number of hydrogen-bond donors (Lipinski definition) is 1. The molecule has 0 aliphatic carbocycles. The molecule has 0 saturated carbocycles. The van der Waals surface area contributed by atoms with Crippen LogP contribution in [-0.2, 0) is 29.0 Å². The molecule has 194 valence electrons. The molecule has 3 heterocycles. The summed E-state index contributed by atoms with van der Waals surface area (Å²) in [6.07, 6.45) is 0.573. The number of sulfone groups is 1. The highest BCUT2D eigenvalue weighted by atomic mass is 32.2. The Bertz CT molecular complexity index is 1510. The quantitative estimate of drug-likeness (QED) is 0.293. The van der Waals surface area contributed by atoms with E-state index in [1.807, 2.05) is 12.1 Å².